The standard InChI is InChI=1S/C15H21ClN2O2/c16-13-3-1-11(2-4-13)15(20)12-5-7-18(8-6-12)9-14(17)10-19/h1-4,12,14,19H,5-10,17H2/t14-/m0/s1. The lowest BCUT2D eigenvalue weighted by Crippen LogP contribution is -2.44. The maximum absolute atomic E-state index is 12.4. The van der Waals surface area contributed by atoms with Gasteiger partial charge in [0.05, 0.1) is 6.61 Å². The third kappa shape index (κ3) is 4.03. The van der Waals surface area contributed by atoms with Gasteiger partial charge in [0.25, 0.3) is 0 Å². The van der Waals surface area contributed by atoms with Crippen molar-refractivity contribution >= 4 is 17.4 Å². The van der Waals surface area contributed by atoms with Crippen LogP contribution in [0.3, 0.4) is 0 Å². The fourth-order valence-electron chi connectivity index (χ4n) is 2.62. The Morgan fingerprint density at radius 1 is 1.35 bits per heavy atom. The number of nitrogens with zero attached hydrogens (tertiary/aromatic N) is 1. The molecule has 1 aromatic rings. The van der Waals surface area contributed by atoms with Crippen molar-refractivity contribution in [1.29, 1.82) is 0 Å². The van der Waals surface area contributed by atoms with Crippen molar-refractivity contribution in [2.45, 2.75) is 18.9 Å². The van der Waals surface area contributed by atoms with Gasteiger partial charge in [-0.2, -0.15) is 0 Å². The molecule has 110 valence electrons. The van der Waals surface area contributed by atoms with Crippen molar-refractivity contribution in [3.05, 3.63) is 34.9 Å². The van der Waals surface area contributed by atoms with Crippen molar-refractivity contribution in [2.24, 2.45) is 11.7 Å². The van der Waals surface area contributed by atoms with Gasteiger partial charge in [0.1, 0.15) is 0 Å². The first-order valence-corrected chi connectivity index (χ1v) is 7.36. The Bertz CT molecular complexity index is 442. The average molecular weight is 297 g/mol. The third-order valence-electron chi connectivity index (χ3n) is 3.81. The molecule has 2 rings (SSSR count). The van der Waals surface area contributed by atoms with Gasteiger partial charge in [-0.1, -0.05) is 11.6 Å². The first-order valence-electron chi connectivity index (χ1n) is 6.98. The van der Waals surface area contributed by atoms with Gasteiger partial charge in [-0.05, 0) is 50.2 Å². The maximum Gasteiger partial charge on any atom is 0.166 e. The zero-order valence-corrected chi connectivity index (χ0v) is 12.2. The lowest BCUT2D eigenvalue weighted by atomic mass is 9.89. The van der Waals surface area contributed by atoms with Gasteiger partial charge in [0, 0.05) is 29.1 Å². The molecule has 1 aromatic carbocycles. The van der Waals surface area contributed by atoms with Crippen molar-refractivity contribution < 1.29 is 9.90 Å². The van der Waals surface area contributed by atoms with E-state index in [0.717, 1.165) is 31.5 Å². The number of carbonyl (C=O) groups excluding carboxylic acids is 1. The van der Waals surface area contributed by atoms with Crippen molar-refractivity contribution in [3.63, 3.8) is 0 Å². The Kier molecular flexibility index (Phi) is 5.54. The Balaban J connectivity index is 1.87. The Morgan fingerprint density at radius 2 is 1.95 bits per heavy atom. The van der Waals surface area contributed by atoms with Crippen molar-refractivity contribution in [1.82, 2.24) is 4.90 Å². The number of halogens is 1. The second kappa shape index (κ2) is 7.18. The normalized spacial score (nSPS) is 18.9. The number of Topliss-reactive ketones (excluding diaryl/α,β-unsaturated/α-hetero) is 1. The SMILES string of the molecule is N[C@H](CO)CN1CCC(C(=O)c2ccc(Cl)cc2)CC1. The van der Waals surface area contributed by atoms with Crippen LogP contribution in [0.2, 0.25) is 5.02 Å². The fraction of sp³-hybridized carbons (Fsp3) is 0.533. The number of piperidine rings is 1. The zero-order chi connectivity index (χ0) is 14.5. The predicted octanol–water partition coefficient (Wildman–Crippen LogP) is 1.55. The highest BCUT2D eigenvalue weighted by Crippen LogP contribution is 2.22. The first kappa shape index (κ1) is 15.4. The summed E-state index contributed by atoms with van der Waals surface area (Å²) in [6, 6.07) is 6.89. The molecule has 0 bridgehead atoms. The molecule has 4 nitrogen and oxygen atoms in total. The minimum atomic E-state index is -0.196. The van der Waals surface area contributed by atoms with E-state index in [-0.39, 0.29) is 24.3 Å². The Morgan fingerprint density at radius 3 is 2.50 bits per heavy atom. The number of benzene rings is 1. The molecule has 20 heavy (non-hydrogen) atoms. The van der Waals surface area contributed by atoms with E-state index in [1.54, 1.807) is 24.3 Å². The van der Waals surface area contributed by atoms with Gasteiger partial charge in [-0.25, -0.2) is 0 Å². The molecular formula is C15H21ClN2O2. The molecule has 1 saturated heterocycles. The van der Waals surface area contributed by atoms with Gasteiger partial charge < -0.3 is 15.7 Å². The van der Waals surface area contributed by atoms with Crippen LogP contribution in [0.15, 0.2) is 24.3 Å². The van der Waals surface area contributed by atoms with E-state index in [2.05, 4.69) is 4.90 Å². The van der Waals surface area contributed by atoms with Crippen LogP contribution in [0.5, 0.6) is 0 Å². The van der Waals surface area contributed by atoms with E-state index in [1.165, 1.54) is 0 Å². The fourth-order valence-corrected chi connectivity index (χ4v) is 2.74. The number of aliphatic hydroxyl groups is 1. The summed E-state index contributed by atoms with van der Waals surface area (Å²) < 4.78 is 0. The molecular weight excluding hydrogens is 276 g/mol. The highest BCUT2D eigenvalue weighted by molar-refractivity contribution is 6.30. The van der Waals surface area contributed by atoms with Crippen LogP contribution in [0, 0.1) is 5.92 Å². The monoisotopic (exact) mass is 296 g/mol. The molecule has 1 atom stereocenters. The molecule has 1 aliphatic heterocycles. The summed E-state index contributed by atoms with van der Waals surface area (Å²) in [6.07, 6.45) is 1.69. The summed E-state index contributed by atoms with van der Waals surface area (Å²) >= 11 is 5.83. The van der Waals surface area contributed by atoms with Gasteiger partial charge in [-0.15, -0.1) is 0 Å². The van der Waals surface area contributed by atoms with E-state index in [1.807, 2.05) is 0 Å². The number of hydrogen-bond donors (Lipinski definition) is 2. The highest BCUT2D eigenvalue weighted by Gasteiger charge is 2.26. The molecule has 0 spiro atoms. The molecule has 1 aliphatic rings. The minimum Gasteiger partial charge on any atom is -0.395 e. The van der Waals surface area contributed by atoms with E-state index < -0.39 is 0 Å². The summed E-state index contributed by atoms with van der Waals surface area (Å²) in [6.45, 7) is 2.41. The second-order valence-corrected chi connectivity index (χ2v) is 5.83. The largest absolute Gasteiger partial charge is 0.395 e. The number of nitrogens with two attached hydrogens (primary N) is 1. The molecule has 0 saturated carbocycles. The van der Waals surface area contributed by atoms with E-state index in [4.69, 9.17) is 22.4 Å². The van der Waals surface area contributed by atoms with Crippen molar-refractivity contribution in [2.75, 3.05) is 26.2 Å². The number of likely N-dealkylation sites (tertiary alicyclic amines) is 1. The number of ketones is 1. The van der Waals surface area contributed by atoms with Crippen LogP contribution in [-0.2, 0) is 0 Å². The summed E-state index contributed by atoms with van der Waals surface area (Å²) in [5, 5.41) is 9.61. The lowest BCUT2D eigenvalue weighted by molar-refractivity contribution is 0.0827. The summed E-state index contributed by atoms with van der Waals surface area (Å²) in [7, 11) is 0. The van der Waals surface area contributed by atoms with Gasteiger partial charge in [-0.3, -0.25) is 4.79 Å². The van der Waals surface area contributed by atoms with Crippen LogP contribution in [-0.4, -0.2) is 48.1 Å². The lowest BCUT2D eigenvalue weighted by Gasteiger charge is -2.32. The van der Waals surface area contributed by atoms with Crippen LogP contribution in [0.1, 0.15) is 23.2 Å². The molecule has 5 heteroatoms. The molecule has 0 aliphatic carbocycles. The molecule has 3 N–H and O–H groups in total. The molecule has 0 radical (unpaired) electrons. The van der Waals surface area contributed by atoms with E-state index >= 15 is 0 Å². The molecule has 0 amide bonds. The van der Waals surface area contributed by atoms with E-state index in [9.17, 15) is 4.79 Å². The second-order valence-electron chi connectivity index (χ2n) is 5.39. The Hall–Kier alpha value is -0.940. The number of aliphatic hydroxyl groups excluding tert-OH is 1. The van der Waals surface area contributed by atoms with Gasteiger partial charge in [0.15, 0.2) is 5.78 Å². The topological polar surface area (TPSA) is 66.6 Å². The zero-order valence-electron chi connectivity index (χ0n) is 11.5. The first-order chi connectivity index (χ1) is 9.60. The van der Waals surface area contributed by atoms with Crippen LogP contribution >= 0.6 is 11.6 Å². The molecule has 0 unspecified atom stereocenters. The average Bonchev–Trinajstić information content (AvgIpc) is 2.48. The number of hydrogen-bond acceptors (Lipinski definition) is 4. The van der Waals surface area contributed by atoms with Crippen LogP contribution < -0.4 is 5.73 Å². The third-order valence-corrected chi connectivity index (χ3v) is 4.07. The summed E-state index contributed by atoms with van der Waals surface area (Å²) in [5.41, 5.74) is 6.47. The molecule has 1 heterocycles. The predicted molar refractivity (Wildman–Crippen MR) is 80.0 cm³/mol. The molecule has 1 fully saturated rings. The summed E-state index contributed by atoms with van der Waals surface area (Å²) in [4.78, 5) is 14.6. The number of rotatable bonds is 5. The minimum absolute atomic E-state index is 0.00361. The van der Waals surface area contributed by atoms with Crippen LogP contribution in [0.25, 0.3) is 0 Å². The van der Waals surface area contributed by atoms with Crippen LogP contribution in [0.4, 0.5) is 0 Å². The summed E-state index contributed by atoms with van der Waals surface area (Å²) in [5.74, 6) is 0.283. The molecule has 0 aromatic heterocycles. The van der Waals surface area contributed by atoms with E-state index in [0.29, 0.717) is 11.6 Å². The highest BCUT2D eigenvalue weighted by atomic mass is 35.5. The van der Waals surface area contributed by atoms with Gasteiger partial charge in [0.2, 0.25) is 0 Å². The number of carbonyl (C=O) groups is 1. The smallest absolute Gasteiger partial charge is 0.166 e. The quantitative estimate of drug-likeness (QED) is 0.809. The maximum atomic E-state index is 12.4. The van der Waals surface area contributed by atoms with Gasteiger partial charge >= 0.3 is 0 Å². The van der Waals surface area contributed by atoms with Crippen molar-refractivity contribution in [3.8, 4) is 0 Å². The Labute approximate surface area is 124 Å².